The van der Waals surface area contributed by atoms with Crippen LogP contribution in [0.5, 0.6) is 0 Å². The molecule has 0 spiro atoms. The quantitative estimate of drug-likeness (QED) is 0.735. The molecule has 0 saturated carbocycles. The Kier molecular flexibility index (Phi) is 6.18. The maximum atomic E-state index is 13.0. The molecule has 27 heavy (non-hydrogen) atoms. The highest BCUT2D eigenvalue weighted by Crippen LogP contribution is 2.24. The molecule has 2 fully saturated rings. The number of carboxylic acids is 1. The van der Waals surface area contributed by atoms with Crippen molar-refractivity contribution in [1.29, 1.82) is 0 Å². The second-order valence-corrected chi connectivity index (χ2v) is 7.38. The smallest absolute Gasteiger partial charge is 0.328 e. The van der Waals surface area contributed by atoms with Crippen molar-refractivity contribution >= 4 is 34.9 Å². The van der Waals surface area contributed by atoms with Gasteiger partial charge in [-0.15, -0.1) is 0 Å². The molecule has 1 aromatic carbocycles. The second-order valence-electron chi connectivity index (χ2n) is 6.89. The lowest BCUT2D eigenvalue weighted by Gasteiger charge is -2.42. The molecule has 2 saturated heterocycles. The van der Waals surface area contributed by atoms with E-state index in [-0.39, 0.29) is 10.8 Å². The van der Waals surface area contributed by atoms with Crippen molar-refractivity contribution < 1.29 is 19.5 Å². The van der Waals surface area contributed by atoms with E-state index >= 15 is 0 Å². The Labute approximate surface area is 163 Å². The number of hydrogen-bond acceptors (Lipinski definition) is 5. The van der Waals surface area contributed by atoms with Gasteiger partial charge in [-0.25, -0.2) is 9.80 Å². The van der Waals surface area contributed by atoms with E-state index in [0.29, 0.717) is 38.8 Å². The first-order chi connectivity index (χ1) is 13.0. The normalized spacial score (nSPS) is 23.3. The lowest BCUT2D eigenvalue weighted by atomic mass is 10.1. The maximum absolute atomic E-state index is 13.0. The van der Waals surface area contributed by atoms with Gasteiger partial charge in [-0.1, -0.05) is 42.5 Å². The summed E-state index contributed by atoms with van der Waals surface area (Å²) in [6, 6.07) is 7.79. The first-order valence-electron chi connectivity index (χ1n) is 9.15. The van der Waals surface area contributed by atoms with E-state index in [4.69, 9.17) is 12.2 Å². The molecule has 0 aromatic heterocycles. The van der Waals surface area contributed by atoms with Gasteiger partial charge in [0.15, 0.2) is 0 Å². The maximum Gasteiger partial charge on any atom is 0.328 e. The number of rotatable bonds is 5. The van der Waals surface area contributed by atoms with Gasteiger partial charge in [-0.05, 0) is 31.2 Å². The molecule has 144 valence electrons. The molecule has 0 radical (unpaired) electrons. The van der Waals surface area contributed by atoms with Crippen LogP contribution in [-0.2, 0) is 20.8 Å². The standard InChI is InChI=1S/C19H23N3O4S/c23-17(16(27)12-13-6-2-1-3-7-13)20-14-8-4-10-21-11-5-9-15(19(25)26)22(21)18(14)24/h1-3,6-7,14-15H,4-5,8-12H2,(H,20,23)(H,25,26)/t14?,15-/m1/s1. The van der Waals surface area contributed by atoms with Crippen LogP contribution in [0.4, 0.5) is 0 Å². The zero-order valence-corrected chi connectivity index (χ0v) is 15.8. The molecule has 2 N–H and O–H groups in total. The lowest BCUT2D eigenvalue weighted by Crippen LogP contribution is -2.61. The number of hydrazine groups is 1. The lowest BCUT2D eigenvalue weighted by molar-refractivity contribution is -0.174. The number of aliphatic carboxylic acids is 1. The highest BCUT2D eigenvalue weighted by molar-refractivity contribution is 7.82. The SMILES string of the molecule is O=C(NC1CCCN2CCC[C@H](C(=O)O)N2C1=O)C(=S)Cc1ccccc1. The number of carbonyl (C=O) groups is 3. The summed E-state index contributed by atoms with van der Waals surface area (Å²) in [6.07, 6.45) is 2.66. The Morgan fingerprint density at radius 2 is 1.81 bits per heavy atom. The van der Waals surface area contributed by atoms with Crippen LogP contribution in [0.1, 0.15) is 31.2 Å². The third kappa shape index (κ3) is 4.51. The van der Waals surface area contributed by atoms with E-state index in [1.54, 1.807) is 5.01 Å². The first-order valence-corrected chi connectivity index (χ1v) is 9.56. The van der Waals surface area contributed by atoms with Crippen molar-refractivity contribution in [3.05, 3.63) is 35.9 Å². The van der Waals surface area contributed by atoms with E-state index in [2.05, 4.69) is 5.32 Å². The highest BCUT2D eigenvalue weighted by atomic mass is 32.1. The summed E-state index contributed by atoms with van der Waals surface area (Å²) in [7, 11) is 0. The number of carboxylic acid groups (broad SMARTS) is 1. The number of thiocarbonyl (C=S) groups is 1. The summed E-state index contributed by atoms with van der Waals surface area (Å²) in [5.74, 6) is -1.82. The minimum Gasteiger partial charge on any atom is -0.480 e. The Bertz CT molecular complexity index is 740. The first kappa shape index (κ1) is 19.4. The molecule has 2 atom stereocenters. The molecule has 2 amide bonds. The van der Waals surface area contributed by atoms with E-state index in [1.807, 2.05) is 30.3 Å². The van der Waals surface area contributed by atoms with Gasteiger partial charge in [0, 0.05) is 19.5 Å². The summed E-state index contributed by atoms with van der Waals surface area (Å²) in [6.45, 7) is 1.26. The van der Waals surface area contributed by atoms with Crippen LogP contribution in [0.15, 0.2) is 30.3 Å². The minimum atomic E-state index is -1.01. The summed E-state index contributed by atoms with van der Waals surface area (Å²) < 4.78 is 0. The predicted octanol–water partition coefficient (Wildman–Crippen LogP) is 1.17. The summed E-state index contributed by atoms with van der Waals surface area (Å²) in [5.41, 5.74) is 0.929. The monoisotopic (exact) mass is 389 g/mol. The molecular formula is C19H23N3O4S. The number of fused-ring (bicyclic) bond motifs is 1. The van der Waals surface area contributed by atoms with Crippen LogP contribution in [0.3, 0.4) is 0 Å². The number of carbonyl (C=O) groups excluding carboxylic acids is 2. The third-order valence-electron chi connectivity index (χ3n) is 4.98. The van der Waals surface area contributed by atoms with Crippen LogP contribution >= 0.6 is 12.2 Å². The fraction of sp³-hybridized carbons (Fsp3) is 0.474. The second kappa shape index (κ2) is 8.58. The van der Waals surface area contributed by atoms with Crippen LogP contribution < -0.4 is 5.32 Å². The van der Waals surface area contributed by atoms with Gasteiger partial charge < -0.3 is 10.4 Å². The number of hydrogen-bond donors (Lipinski definition) is 2. The van der Waals surface area contributed by atoms with Crippen molar-refractivity contribution in [1.82, 2.24) is 15.3 Å². The number of nitrogens with one attached hydrogen (secondary N) is 1. The van der Waals surface area contributed by atoms with E-state index < -0.39 is 24.0 Å². The van der Waals surface area contributed by atoms with Crippen molar-refractivity contribution in [3.63, 3.8) is 0 Å². The Balaban J connectivity index is 1.68. The molecule has 7 nitrogen and oxygen atoms in total. The molecule has 1 aromatic rings. The van der Waals surface area contributed by atoms with Gasteiger partial charge in [-0.2, -0.15) is 0 Å². The Morgan fingerprint density at radius 1 is 1.15 bits per heavy atom. The Morgan fingerprint density at radius 3 is 2.48 bits per heavy atom. The van der Waals surface area contributed by atoms with Crippen LogP contribution in [0.2, 0.25) is 0 Å². The van der Waals surface area contributed by atoms with E-state index in [9.17, 15) is 19.5 Å². The number of benzene rings is 1. The topological polar surface area (TPSA) is 89.9 Å². The molecule has 2 heterocycles. The van der Waals surface area contributed by atoms with Gasteiger partial charge >= 0.3 is 5.97 Å². The zero-order valence-electron chi connectivity index (χ0n) is 15.0. The van der Waals surface area contributed by atoms with Crippen molar-refractivity contribution in [2.24, 2.45) is 0 Å². The van der Waals surface area contributed by atoms with Gasteiger partial charge in [0.05, 0.1) is 4.86 Å². The van der Waals surface area contributed by atoms with Crippen LogP contribution in [0.25, 0.3) is 0 Å². The highest BCUT2D eigenvalue weighted by Gasteiger charge is 2.42. The average molecular weight is 389 g/mol. The van der Waals surface area contributed by atoms with Crippen molar-refractivity contribution in [2.75, 3.05) is 13.1 Å². The van der Waals surface area contributed by atoms with Gasteiger partial charge in [0.2, 0.25) is 0 Å². The van der Waals surface area contributed by atoms with E-state index in [1.165, 1.54) is 5.01 Å². The fourth-order valence-corrected chi connectivity index (χ4v) is 3.86. The third-order valence-corrected chi connectivity index (χ3v) is 5.31. The van der Waals surface area contributed by atoms with Gasteiger partial charge in [0.1, 0.15) is 12.1 Å². The van der Waals surface area contributed by atoms with Crippen LogP contribution in [-0.4, -0.2) is 62.9 Å². The molecule has 2 aliphatic rings. The van der Waals surface area contributed by atoms with Gasteiger partial charge in [-0.3, -0.25) is 14.6 Å². The molecule has 2 aliphatic heterocycles. The van der Waals surface area contributed by atoms with E-state index in [0.717, 1.165) is 12.0 Å². The van der Waals surface area contributed by atoms with Crippen molar-refractivity contribution in [2.45, 2.75) is 44.2 Å². The summed E-state index contributed by atoms with van der Waals surface area (Å²) in [5, 5.41) is 15.4. The molecule has 0 bridgehead atoms. The average Bonchev–Trinajstić information content (AvgIpc) is 2.81. The number of amides is 2. The predicted molar refractivity (Wildman–Crippen MR) is 103 cm³/mol. The molecular weight excluding hydrogens is 366 g/mol. The van der Waals surface area contributed by atoms with Gasteiger partial charge in [0.25, 0.3) is 11.8 Å². The van der Waals surface area contributed by atoms with Crippen LogP contribution in [0, 0.1) is 0 Å². The zero-order chi connectivity index (χ0) is 19.4. The molecule has 8 heteroatoms. The largest absolute Gasteiger partial charge is 0.480 e. The summed E-state index contributed by atoms with van der Waals surface area (Å²) in [4.78, 5) is 37.3. The molecule has 3 rings (SSSR count). The molecule has 1 unspecified atom stereocenters. The summed E-state index contributed by atoms with van der Waals surface area (Å²) >= 11 is 5.24. The fourth-order valence-electron chi connectivity index (χ4n) is 3.63. The number of nitrogens with zero attached hydrogens (tertiary/aromatic N) is 2. The Hall–Kier alpha value is -2.32. The van der Waals surface area contributed by atoms with Crippen molar-refractivity contribution in [3.8, 4) is 0 Å². The minimum absolute atomic E-state index is 0.212. The molecule has 0 aliphatic carbocycles.